The van der Waals surface area contributed by atoms with Gasteiger partial charge in [0.25, 0.3) is 0 Å². The average molecular weight is 390 g/mol. The van der Waals surface area contributed by atoms with Crippen LogP contribution in [0.3, 0.4) is 0 Å². The number of ether oxygens (including phenoxy) is 1. The molecule has 29 heavy (non-hydrogen) atoms. The molecule has 1 saturated heterocycles. The highest BCUT2D eigenvalue weighted by Gasteiger charge is 2.28. The van der Waals surface area contributed by atoms with Crippen molar-refractivity contribution in [2.45, 2.75) is 26.8 Å². The number of rotatable bonds is 3. The first kappa shape index (κ1) is 17.7. The largest absolute Gasteiger partial charge is 0.447 e. The zero-order chi connectivity index (χ0) is 20.0. The lowest BCUT2D eigenvalue weighted by Crippen LogP contribution is -2.33. The van der Waals surface area contributed by atoms with Crippen molar-refractivity contribution in [3.8, 4) is 5.82 Å². The molecule has 4 heterocycles. The van der Waals surface area contributed by atoms with Gasteiger partial charge in [-0.1, -0.05) is 12.1 Å². The van der Waals surface area contributed by atoms with Crippen molar-refractivity contribution in [2.75, 3.05) is 29.5 Å². The predicted molar refractivity (Wildman–Crippen MR) is 109 cm³/mol. The number of benzene rings is 1. The summed E-state index contributed by atoms with van der Waals surface area (Å²) < 4.78 is 6.94. The maximum absolute atomic E-state index is 12.0. The van der Waals surface area contributed by atoms with E-state index < -0.39 is 0 Å². The van der Waals surface area contributed by atoms with Gasteiger partial charge in [0.05, 0.1) is 30.3 Å². The Morgan fingerprint density at radius 2 is 1.97 bits per heavy atom. The first-order valence-corrected chi connectivity index (χ1v) is 9.76. The Balaban J connectivity index is 1.44. The van der Waals surface area contributed by atoms with Crippen LogP contribution < -0.4 is 9.80 Å². The molecule has 0 N–H and O–H groups in total. The van der Waals surface area contributed by atoms with E-state index in [-0.39, 0.29) is 6.09 Å². The lowest BCUT2D eigenvalue weighted by molar-refractivity contribution is 0.181. The molecule has 2 aliphatic rings. The molecule has 148 valence electrons. The molecule has 0 spiro atoms. The van der Waals surface area contributed by atoms with E-state index in [0.29, 0.717) is 19.0 Å². The lowest BCUT2D eigenvalue weighted by Gasteiger charge is -2.32. The molecule has 1 amide bonds. The topological polar surface area (TPSA) is 76.4 Å². The van der Waals surface area contributed by atoms with Crippen LogP contribution in [0.25, 0.3) is 5.82 Å². The molecule has 8 nitrogen and oxygen atoms in total. The van der Waals surface area contributed by atoms with Gasteiger partial charge in [-0.2, -0.15) is 5.10 Å². The van der Waals surface area contributed by atoms with E-state index in [1.807, 2.05) is 36.7 Å². The van der Waals surface area contributed by atoms with Crippen LogP contribution in [0.1, 0.15) is 22.5 Å². The minimum Gasteiger partial charge on any atom is -0.447 e. The summed E-state index contributed by atoms with van der Waals surface area (Å²) in [5, 5.41) is 4.51. The Kier molecular flexibility index (Phi) is 4.19. The molecule has 0 unspecified atom stereocenters. The maximum atomic E-state index is 12.0. The molecule has 1 aromatic carbocycles. The molecule has 0 aliphatic carbocycles. The van der Waals surface area contributed by atoms with Crippen LogP contribution in [0.4, 0.5) is 16.3 Å². The minimum absolute atomic E-state index is 0.260. The fraction of sp³-hybridized carbons (Fsp3) is 0.333. The highest BCUT2D eigenvalue weighted by molar-refractivity contribution is 5.90. The number of carbonyl (C=O) groups is 1. The zero-order valence-corrected chi connectivity index (χ0v) is 16.5. The third kappa shape index (κ3) is 3.10. The summed E-state index contributed by atoms with van der Waals surface area (Å²) in [6.07, 6.45) is 4.10. The molecule has 1 fully saturated rings. The van der Waals surface area contributed by atoms with Gasteiger partial charge in [-0.25, -0.2) is 14.5 Å². The van der Waals surface area contributed by atoms with Crippen molar-refractivity contribution >= 4 is 17.6 Å². The molecule has 5 rings (SSSR count). The second kappa shape index (κ2) is 6.88. The van der Waals surface area contributed by atoms with Gasteiger partial charge in [-0.15, -0.1) is 0 Å². The lowest BCUT2D eigenvalue weighted by atomic mass is 9.97. The zero-order valence-electron chi connectivity index (χ0n) is 16.5. The van der Waals surface area contributed by atoms with E-state index in [2.05, 4.69) is 21.0 Å². The van der Waals surface area contributed by atoms with E-state index in [9.17, 15) is 4.79 Å². The van der Waals surface area contributed by atoms with Gasteiger partial charge in [-0.3, -0.25) is 9.88 Å². The smallest absolute Gasteiger partial charge is 0.414 e. The molecular weight excluding hydrogens is 368 g/mol. The Hall–Kier alpha value is -3.42. The normalized spacial score (nSPS) is 16.1. The number of nitrogens with zero attached hydrogens (tertiary/aromatic N) is 6. The third-order valence-electron chi connectivity index (χ3n) is 5.45. The number of hydrogen-bond donors (Lipinski definition) is 0. The van der Waals surface area contributed by atoms with Crippen molar-refractivity contribution in [1.82, 2.24) is 19.7 Å². The first-order valence-electron chi connectivity index (χ1n) is 9.76. The average Bonchev–Trinajstić information content (AvgIpc) is 3.31. The molecule has 3 aromatic rings. The molecule has 0 radical (unpaired) electrons. The summed E-state index contributed by atoms with van der Waals surface area (Å²) in [5.74, 6) is 1.54. The highest BCUT2D eigenvalue weighted by atomic mass is 16.6. The van der Waals surface area contributed by atoms with Crippen molar-refractivity contribution in [2.24, 2.45) is 0 Å². The highest BCUT2D eigenvalue weighted by Crippen LogP contribution is 2.32. The van der Waals surface area contributed by atoms with Gasteiger partial charge in [0.2, 0.25) is 0 Å². The van der Waals surface area contributed by atoms with Crippen molar-refractivity contribution in [3.63, 3.8) is 0 Å². The fourth-order valence-corrected chi connectivity index (χ4v) is 4.11. The maximum Gasteiger partial charge on any atom is 0.414 e. The van der Waals surface area contributed by atoms with Gasteiger partial charge >= 0.3 is 6.09 Å². The number of carbonyl (C=O) groups excluding carboxylic acids is 1. The molecule has 0 saturated carbocycles. The van der Waals surface area contributed by atoms with Crippen LogP contribution in [0, 0.1) is 13.8 Å². The number of amides is 1. The van der Waals surface area contributed by atoms with Gasteiger partial charge in [0.1, 0.15) is 12.4 Å². The molecular formula is C21H22N6O2. The first-order chi connectivity index (χ1) is 14.1. The van der Waals surface area contributed by atoms with Crippen LogP contribution >= 0.6 is 0 Å². The van der Waals surface area contributed by atoms with Gasteiger partial charge in [0.15, 0.2) is 5.82 Å². The molecule has 2 aromatic heterocycles. The summed E-state index contributed by atoms with van der Waals surface area (Å²) in [4.78, 5) is 25.2. The molecule has 0 bridgehead atoms. The van der Waals surface area contributed by atoms with E-state index in [1.54, 1.807) is 17.3 Å². The van der Waals surface area contributed by atoms with Crippen molar-refractivity contribution in [1.29, 1.82) is 0 Å². The predicted octanol–water partition coefficient (Wildman–Crippen LogP) is 2.80. The van der Waals surface area contributed by atoms with Crippen LogP contribution in [0.5, 0.6) is 0 Å². The number of cyclic esters (lactones) is 1. The van der Waals surface area contributed by atoms with Crippen molar-refractivity contribution < 1.29 is 9.53 Å². The fourth-order valence-electron chi connectivity index (χ4n) is 4.11. The summed E-state index contributed by atoms with van der Waals surface area (Å²) in [7, 11) is 0. The summed E-state index contributed by atoms with van der Waals surface area (Å²) in [6.45, 7) is 6.56. The summed E-state index contributed by atoms with van der Waals surface area (Å²) in [6, 6.07) is 8.15. The van der Waals surface area contributed by atoms with Crippen molar-refractivity contribution in [3.05, 3.63) is 59.2 Å². The van der Waals surface area contributed by atoms with E-state index in [1.165, 1.54) is 11.1 Å². The van der Waals surface area contributed by atoms with E-state index >= 15 is 0 Å². The molecule has 0 atom stereocenters. The second-order valence-electron chi connectivity index (χ2n) is 7.43. The SMILES string of the molecule is Cc1cc(C)n(-c2cncc(N3CCc4c(cccc4N4CCOC4=O)C3)n2)n1. The van der Waals surface area contributed by atoms with Crippen LogP contribution in [0.2, 0.25) is 0 Å². The Labute approximate surface area is 168 Å². The standard InChI is InChI=1S/C21H22N6O2/c1-14-10-15(2)27(24-14)20-12-22-11-19(23-20)25-7-6-17-16(13-25)4-3-5-18(17)26-8-9-29-21(26)28/h3-5,10-12H,6-9,13H2,1-2H3. The number of hydrogen-bond acceptors (Lipinski definition) is 6. The third-order valence-corrected chi connectivity index (χ3v) is 5.45. The monoisotopic (exact) mass is 390 g/mol. The van der Waals surface area contributed by atoms with Crippen LogP contribution in [0.15, 0.2) is 36.7 Å². The molecule has 8 heteroatoms. The molecule has 2 aliphatic heterocycles. The summed E-state index contributed by atoms with van der Waals surface area (Å²) >= 11 is 0. The number of aromatic nitrogens is 4. The number of aryl methyl sites for hydroxylation is 2. The van der Waals surface area contributed by atoms with Crippen LogP contribution in [-0.2, 0) is 17.7 Å². The number of fused-ring (bicyclic) bond motifs is 1. The van der Waals surface area contributed by atoms with Crippen LogP contribution in [-0.4, -0.2) is 45.5 Å². The minimum atomic E-state index is -0.260. The quantitative estimate of drug-likeness (QED) is 0.685. The number of anilines is 2. The summed E-state index contributed by atoms with van der Waals surface area (Å²) in [5.41, 5.74) is 5.36. The van der Waals surface area contributed by atoms with Gasteiger partial charge in [-0.05, 0) is 43.5 Å². The Morgan fingerprint density at radius 1 is 1.10 bits per heavy atom. The second-order valence-corrected chi connectivity index (χ2v) is 7.43. The van der Waals surface area contributed by atoms with E-state index in [0.717, 1.165) is 42.4 Å². The van der Waals surface area contributed by atoms with Gasteiger partial charge in [0, 0.05) is 18.8 Å². The Morgan fingerprint density at radius 3 is 2.72 bits per heavy atom. The van der Waals surface area contributed by atoms with Gasteiger partial charge < -0.3 is 9.64 Å². The Bertz CT molecular complexity index is 1090. The van der Waals surface area contributed by atoms with E-state index in [4.69, 9.17) is 9.72 Å².